The predicted molar refractivity (Wildman–Crippen MR) is 102 cm³/mol. The minimum absolute atomic E-state index is 0.184. The first kappa shape index (κ1) is 19.7. The summed E-state index contributed by atoms with van der Waals surface area (Å²) in [6.07, 6.45) is -4.48. The molecular formula is C21H19F3N2O2. The molecule has 4 nitrogen and oxygen atoms in total. The van der Waals surface area contributed by atoms with Crippen molar-refractivity contribution in [3.05, 3.63) is 64.8 Å². The maximum absolute atomic E-state index is 13.0. The molecule has 2 aromatic carbocycles. The molecule has 0 radical (unpaired) electrons. The Balaban J connectivity index is 1.82. The number of benzene rings is 2. The molecule has 28 heavy (non-hydrogen) atoms. The Hall–Kier alpha value is -3.09. The lowest BCUT2D eigenvalue weighted by Crippen LogP contribution is -2.20. The van der Waals surface area contributed by atoms with Crippen molar-refractivity contribution in [3.8, 4) is 5.75 Å². The molecule has 0 spiro atoms. The number of hydrogen-bond acceptors (Lipinski definition) is 3. The summed E-state index contributed by atoms with van der Waals surface area (Å²) < 4.78 is 44.6. The van der Waals surface area contributed by atoms with Gasteiger partial charge >= 0.3 is 6.18 Å². The standard InChI is InChI=1S/C21H19F3N2O2/c1-12-6-13(2)8-16(7-12)26-20(27)11-28-19-9-14(3)25-18-5-4-15(10-17(18)19)21(22,23)24/h4-10H,11H2,1-3H3,(H,26,27). The van der Waals surface area contributed by atoms with Crippen LogP contribution in [0.2, 0.25) is 0 Å². The van der Waals surface area contributed by atoms with Crippen molar-refractivity contribution >= 4 is 22.5 Å². The topological polar surface area (TPSA) is 51.2 Å². The van der Waals surface area contributed by atoms with Gasteiger partial charge in [-0.3, -0.25) is 9.78 Å². The van der Waals surface area contributed by atoms with Crippen LogP contribution in [0.25, 0.3) is 10.9 Å². The number of hydrogen-bond donors (Lipinski definition) is 1. The average molecular weight is 388 g/mol. The zero-order valence-corrected chi connectivity index (χ0v) is 15.6. The molecule has 7 heteroatoms. The second-order valence-electron chi connectivity index (χ2n) is 6.70. The van der Waals surface area contributed by atoms with Gasteiger partial charge in [-0.05, 0) is 62.2 Å². The lowest BCUT2D eigenvalue weighted by molar-refractivity contribution is -0.137. The van der Waals surface area contributed by atoms with Gasteiger partial charge < -0.3 is 10.1 Å². The Bertz CT molecular complexity index is 1030. The lowest BCUT2D eigenvalue weighted by atomic mass is 10.1. The molecule has 1 heterocycles. The summed E-state index contributed by atoms with van der Waals surface area (Å²) in [6, 6.07) is 10.4. The highest BCUT2D eigenvalue weighted by Gasteiger charge is 2.30. The Kier molecular flexibility index (Phi) is 5.27. The molecule has 1 N–H and O–H groups in total. The number of nitrogens with zero attached hydrogens (tertiary/aromatic N) is 1. The third-order valence-electron chi connectivity index (χ3n) is 4.09. The molecule has 0 atom stereocenters. The van der Waals surface area contributed by atoms with E-state index in [0.29, 0.717) is 16.9 Å². The molecule has 0 bridgehead atoms. The molecule has 0 unspecified atom stereocenters. The third-order valence-corrected chi connectivity index (χ3v) is 4.09. The van der Waals surface area contributed by atoms with Crippen LogP contribution >= 0.6 is 0 Å². The van der Waals surface area contributed by atoms with Crippen LogP contribution in [0.4, 0.5) is 18.9 Å². The van der Waals surface area contributed by atoms with E-state index in [2.05, 4.69) is 10.3 Å². The second kappa shape index (κ2) is 7.50. The van der Waals surface area contributed by atoms with E-state index in [0.717, 1.165) is 23.3 Å². The molecule has 0 fully saturated rings. The van der Waals surface area contributed by atoms with Gasteiger partial charge in [0, 0.05) is 22.8 Å². The van der Waals surface area contributed by atoms with E-state index >= 15 is 0 Å². The first-order valence-corrected chi connectivity index (χ1v) is 8.61. The molecular weight excluding hydrogens is 369 g/mol. The maximum atomic E-state index is 13.0. The summed E-state index contributed by atoms with van der Waals surface area (Å²) in [7, 11) is 0. The largest absolute Gasteiger partial charge is 0.483 e. The number of anilines is 1. The molecule has 0 saturated heterocycles. The minimum Gasteiger partial charge on any atom is -0.483 e. The normalized spacial score (nSPS) is 11.5. The average Bonchev–Trinajstić information content (AvgIpc) is 2.57. The maximum Gasteiger partial charge on any atom is 0.416 e. The molecule has 146 valence electrons. The molecule has 0 saturated carbocycles. The van der Waals surface area contributed by atoms with Crippen LogP contribution in [0.5, 0.6) is 5.75 Å². The number of rotatable bonds is 4. The number of amides is 1. The second-order valence-corrected chi connectivity index (χ2v) is 6.70. The molecule has 3 aromatic rings. The van der Waals surface area contributed by atoms with Gasteiger partial charge in [0.05, 0.1) is 11.1 Å². The predicted octanol–water partition coefficient (Wildman–Crippen LogP) is 5.20. The summed E-state index contributed by atoms with van der Waals surface area (Å²) in [5, 5.41) is 2.94. The number of aryl methyl sites for hydroxylation is 3. The summed E-state index contributed by atoms with van der Waals surface area (Å²) in [6.45, 7) is 5.22. The summed E-state index contributed by atoms with van der Waals surface area (Å²) in [4.78, 5) is 16.4. The van der Waals surface area contributed by atoms with Gasteiger partial charge in [0.15, 0.2) is 6.61 Å². The van der Waals surface area contributed by atoms with E-state index in [1.807, 2.05) is 32.0 Å². The molecule has 0 aliphatic carbocycles. The number of halogens is 3. The van der Waals surface area contributed by atoms with Crippen molar-refractivity contribution in [1.82, 2.24) is 4.98 Å². The molecule has 1 amide bonds. The number of pyridine rings is 1. The van der Waals surface area contributed by atoms with Crippen molar-refractivity contribution in [2.45, 2.75) is 26.9 Å². The Morgan fingerprint density at radius 1 is 1.04 bits per heavy atom. The van der Waals surface area contributed by atoms with Crippen molar-refractivity contribution in [2.24, 2.45) is 0 Å². The smallest absolute Gasteiger partial charge is 0.416 e. The van der Waals surface area contributed by atoms with Gasteiger partial charge in [0.2, 0.25) is 0 Å². The van der Waals surface area contributed by atoms with Gasteiger partial charge in [-0.1, -0.05) is 6.07 Å². The van der Waals surface area contributed by atoms with Crippen LogP contribution in [-0.4, -0.2) is 17.5 Å². The summed E-state index contributed by atoms with van der Waals surface area (Å²) in [5.41, 5.74) is 2.81. The highest BCUT2D eigenvalue weighted by Crippen LogP contribution is 2.34. The number of carbonyl (C=O) groups excluding carboxylic acids is 1. The van der Waals surface area contributed by atoms with Crippen molar-refractivity contribution in [1.29, 1.82) is 0 Å². The van der Waals surface area contributed by atoms with Gasteiger partial charge in [-0.25, -0.2) is 0 Å². The van der Waals surface area contributed by atoms with E-state index in [9.17, 15) is 18.0 Å². The van der Waals surface area contributed by atoms with E-state index < -0.39 is 17.6 Å². The van der Waals surface area contributed by atoms with Crippen LogP contribution in [-0.2, 0) is 11.0 Å². The van der Waals surface area contributed by atoms with E-state index in [1.165, 1.54) is 12.1 Å². The third kappa shape index (κ3) is 4.60. The van der Waals surface area contributed by atoms with Crippen LogP contribution in [0.15, 0.2) is 42.5 Å². The molecule has 0 aliphatic rings. The van der Waals surface area contributed by atoms with Crippen LogP contribution < -0.4 is 10.1 Å². The van der Waals surface area contributed by atoms with Crippen LogP contribution in [0.3, 0.4) is 0 Å². The minimum atomic E-state index is -4.48. The number of ether oxygens (including phenoxy) is 1. The first-order chi connectivity index (χ1) is 13.1. The molecule has 3 rings (SSSR count). The van der Waals surface area contributed by atoms with Gasteiger partial charge in [-0.15, -0.1) is 0 Å². The fraction of sp³-hybridized carbons (Fsp3) is 0.238. The van der Waals surface area contributed by atoms with Crippen molar-refractivity contribution in [3.63, 3.8) is 0 Å². The van der Waals surface area contributed by atoms with Gasteiger partial charge in [0.1, 0.15) is 5.75 Å². The SMILES string of the molecule is Cc1cc(C)cc(NC(=O)COc2cc(C)nc3ccc(C(F)(F)F)cc23)c1. The summed E-state index contributed by atoms with van der Waals surface area (Å²) in [5.74, 6) is -0.219. The highest BCUT2D eigenvalue weighted by molar-refractivity contribution is 5.92. The monoisotopic (exact) mass is 388 g/mol. The van der Waals surface area contributed by atoms with Crippen LogP contribution in [0, 0.1) is 20.8 Å². The van der Waals surface area contributed by atoms with Crippen molar-refractivity contribution < 1.29 is 22.7 Å². The molecule has 1 aromatic heterocycles. The Labute approximate surface area is 160 Å². The number of alkyl halides is 3. The zero-order valence-electron chi connectivity index (χ0n) is 15.6. The lowest BCUT2D eigenvalue weighted by Gasteiger charge is -2.13. The number of carbonyl (C=O) groups is 1. The zero-order chi connectivity index (χ0) is 20.5. The number of nitrogens with one attached hydrogen (secondary N) is 1. The Morgan fingerprint density at radius 3 is 2.36 bits per heavy atom. The van der Waals surface area contributed by atoms with Gasteiger partial charge in [0.25, 0.3) is 5.91 Å². The fourth-order valence-electron chi connectivity index (χ4n) is 3.00. The van der Waals surface area contributed by atoms with Crippen molar-refractivity contribution in [2.75, 3.05) is 11.9 Å². The number of aromatic nitrogens is 1. The van der Waals surface area contributed by atoms with Gasteiger partial charge in [-0.2, -0.15) is 13.2 Å². The quantitative estimate of drug-likeness (QED) is 0.669. The Morgan fingerprint density at radius 2 is 1.71 bits per heavy atom. The van der Waals surface area contributed by atoms with E-state index in [-0.39, 0.29) is 17.7 Å². The van der Waals surface area contributed by atoms with E-state index in [4.69, 9.17) is 4.74 Å². The van der Waals surface area contributed by atoms with Crippen LogP contribution in [0.1, 0.15) is 22.4 Å². The molecule has 0 aliphatic heterocycles. The first-order valence-electron chi connectivity index (χ1n) is 8.61. The summed E-state index contributed by atoms with van der Waals surface area (Å²) >= 11 is 0. The highest BCUT2D eigenvalue weighted by atomic mass is 19.4. The number of fused-ring (bicyclic) bond motifs is 1. The van der Waals surface area contributed by atoms with E-state index in [1.54, 1.807) is 6.92 Å². The fourth-order valence-corrected chi connectivity index (χ4v) is 3.00.